The lowest BCUT2D eigenvalue weighted by Crippen LogP contribution is -2.34. The van der Waals surface area contributed by atoms with Gasteiger partial charge in [0.05, 0.1) is 11.8 Å². The predicted molar refractivity (Wildman–Crippen MR) is 121 cm³/mol. The predicted octanol–water partition coefficient (Wildman–Crippen LogP) is 4.89. The second-order valence-corrected chi connectivity index (χ2v) is 10.1. The molecule has 2 aliphatic rings. The van der Waals surface area contributed by atoms with Gasteiger partial charge in [-0.15, -0.1) is 21.5 Å². The third-order valence-electron chi connectivity index (χ3n) is 6.08. The molecule has 156 valence electrons. The van der Waals surface area contributed by atoms with E-state index in [1.807, 2.05) is 11.9 Å². The van der Waals surface area contributed by atoms with Crippen LogP contribution in [-0.4, -0.2) is 38.4 Å². The number of carbonyl (C=O) groups excluding carboxylic acids is 1. The number of rotatable bonds is 7. The highest BCUT2D eigenvalue weighted by Gasteiger charge is 2.31. The Balaban J connectivity index is 1.27. The summed E-state index contributed by atoms with van der Waals surface area (Å²) in [5.41, 5.74) is 2.69. The molecule has 5 nitrogen and oxygen atoms in total. The van der Waals surface area contributed by atoms with E-state index in [9.17, 15) is 4.79 Å². The first-order valence-corrected chi connectivity index (χ1v) is 12.5. The first-order chi connectivity index (χ1) is 14.7. The minimum Gasteiger partial charge on any atom is -0.338 e. The second-order valence-electron chi connectivity index (χ2n) is 8.16. The maximum absolute atomic E-state index is 13.0. The summed E-state index contributed by atoms with van der Waals surface area (Å²) in [5, 5.41) is 11.9. The summed E-state index contributed by atoms with van der Waals surface area (Å²) < 4.78 is 2.27. The summed E-state index contributed by atoms with van der Waals surface area (Å²) in [6.07, 6.45) is 6.45. The average molecular weight is 439 g/mol. The van der Waals surface area contributed by atoms with E-state index >= 15 is 0 Å². The van der Waals surface area contributed by atoms with Gasteiger partial charge >= 0.3 is 0 Å². The van der Waals surface area contributed by atoms with Crippen molar-refractivity contribution in [1.82, 2.24) is 19.7 Å². The van der Waals surface area contributed by atoms with Crippen molar-refractivity contribution in [2.45, 2.75) is 55.8 Å². The van der Waals surface area contributed by atoms with Gasteiger partial charge in [0, 0.05) is 24.4 Å². The molecule has 2 aliphatic carbocycles. The van der Waals surface area contributed by atoms with Crippen LogP contribution in [0.25, 0.3) is 0 Å². The summed E-state index contributed by atoms with van der Waals surface area (Å²) in [5.74, 6) is 1.58. The number of benzene rings is 1. The Hall–Kier alpha value is -2.12. The van der Waals surface area contributed by atoms with Gasteiger partial charge in [0.2, 0.25) is 5.91 Å². The molecule has 0 saturated heterocycles. The first kappa shape index (κ1) is 19.8. The molecule has 0 aliphatic heterocycles. The number of amides is 1. The summed E-state index contributed by atoms with van der Waals surface area (Å²) in [6.45, 7) is 0. The fourth-order valence-corrected chi connectivity index (χ4v) is 5.98. The third kappa shape index (κ3) is 4.05. The molecule has 0 spiro atoms. The Morgan fingerprint density at radius 2 is 2.07 bits per heavy atom. The van der Waals surface area contributed by atoms with Gasteiger partial charge in [0.15, 0.2) is 5.16 Å². The maximum atomic E-state index is 13.0. The Labute approximate surface area is 185 Å². The van der Waals surface area contributed by atoms with Crippen LogP contribution < -0.4 is 0 Å². The average Bonchev–Trinajstić information content (AvgIpc) is 3.33. The molecule has 30 heavy (non-hydrogen) atoms. The molecule has 2 heterocycles. The molecule has 0 unspecified atom stereocenters. The lowest BCUT2D eigenvalue weighted by Gasteiger charge is -2.33. The van der Waals surface area contributed by atoms with E-state index in [-0.39, 0.29) is 11.9 Å². The Bertz CT molecular complexity index is 1030. The summed E-state index contributed by atoms with van der Waals surface area (Å²) in [7, 11) is 1.95. The van der Waals surface area contributed by atoms with E-state index in [0.29, 0.717) is 11.8 Å². The van der Waals surface area contributed by atoms with Crippen molar-refractivity contribution >= 4 is 29.0 Å². The highest BCUT2D eigenvalue weighted by Crippen LogP contribution is 2.39. The lowest BCUT2D eigenvalue weighted by atomic mass is 9.87. The number of thiophene rings is 1. The molecular weight excluding hydrogens is 412 g/mol. The van der Waals surface area contributed by atoms with Gasteiger partial charge in [-0.25, -0.2) is 0 Å². The van der Waals surface area contributed by atoms with Crippen molar-refractivity contribution in [2.24, 2.45) is 0 Å². The van der Waals surface area contributed by atoms with Crippen LogP contribution in [0.4, 0.5) is 0 Å². The summed E-state index contributed by atoms with van der Waals surface area (Å²) in [4.78, 5) is 16.3. The van der Waals surface area contributed by atoms with Crippen LogP contribution in [-0.2, 0) is 17.6 Å². The minimum absolute atomic E-state index is 0.159. The van der Waals surface area contributed by atoms with Crippen molar-refractivity contribution in [2.75, 3.05) is 12.8 Å². The van der Waals surface area contributed by atoms with Crippen LogP contribution in [0, 0.1) is 0 Å². The van der Waals surface area contributed by atoms with E-state index in [2.05, 4.69) is 56.5 Å². The largest absolute Gasteiger partial charge is 0.338 e. The van der Waals surface area contributed by atoms with E-state index in [1.54, 1.807) is 11.3 Å². The van der Waals surface area contributed by atoms with Gasteiger partial charge in [-0.05, 0) is 54.7 Å². The lowest BCUT2D eigenvalue weighted by molar-refractivity contribution is -0.129. The van der Waals surface area contributed by atoms with Crippen LogP contribution in [0.5, 0.6) is 0 Å². The van der Waals surface area contributed by atoms with Crippen molar-refractivity contribution in [3.63, 3.8) is 0 Å². The van der Waals surface area contributed by atoms with Crippen LogP contribution in [0.2, 0.25) is 0 Å². The monoisotopic (exact) mass is 438 g/mol. The maximum Gasteiger partial charge on any atom is 0.233 e. The van der Waals surface area contributed by atoms with Gasteiger partial charge in [0.25, 0.3) is 0 Å². The third-order valence-corrected chi connectivity index (χ3v) is 7.89. The fraction of sp³-hybridized carbons (Fsp3) is 0.435. The Morgan fingerprint density at radius 3 is 2.87 bits per heavy atom. The second kappa shape index (κ2) is 8.55. The van der Waals surface area contributed by atoms with Crippen LogP contribution in [0.3, 0.4) is 0 Å². The molecule has 0 radical (unpaired) electrons. The normalized spacial score (nSPS) is 18.2. The van der Waals surface area contributed by atoms with Gasteiger partial charge in [-0.2, -0.15) is 0 Å². The molecule has 1 saturated carbocycles. The van der Waals surface area contributed by atoms with Gasteiger partial charge in [-0.3, -0.25) is 4.79 Å². The van der Waals surface area contributed by atoms with Gasteiger partial charge in [-0.1, -0.05) is 42.1 Å². The number of hydrogen-bond donors (Lipinski definition) is 0. The smallest absolute Gasteiger partial charge is 0.233 e. The Morgan fingerprint density at radius 1 is 1.20 bits per heavy atom. The molecule has 3 aromatic rings. The summed E-state index contributed by atoms with van der Waals surface area (Å²) in [6, 6.07) is 13.4. The highest BCUT2D eigenvalue weighted by molar-refractivity contribution is 7.99. The molecule has 2 aromatic heterocycles. The number of aryl methyl sites for hydroxylation is 1. The standard InChI is InChI=1S/C23H26N4OS2/c1-26(20-10-4-7-16-6-2-3-9-19(16)20)22(28)15-30-23-25-24-21(27(23)17-11-12-17)14-18-8-5-13-29-18/h2-3,5-6,8-9,13,17,20H,4,7,10-12,14-15H2,1H3/t20-/m1/s1. The van der Waals surface area contributed by atoms with E-state index < -0.39 is 0 Å². The molecule has 0 N–H and O–H groups in total. The minimum atomic E-state index is 0.159. The number of aromatic nitrogens is 3. The molecule has 0 bridgehead atoms. The number of fused-ring (bicyclic) bond motifs is 1. The number of hydrogen-bond acceptors (Lipinski definition) is 5. The molecular formula is C23H26N4OS2. The van der Waals surface area contributed by atoms with E-state index in [4.69, 9.17) is 0 Å². The van der Waals surface area contributed by atoms with Crippen LogP contribution >= 0.6 is 23.1 Å². The quantitative estimate of drug-likeness (QED) is 0.493. The number of thioether (sulfide) groups is 1. The van der Waals surface area contributed by atoms with E-state index in [1.165, 1.54) is 40.6 Å². The van der Waals surface area contributed by atoms with Gasteiger partial charge < -0.3 is 9.47 Å². The molecule has 7 heteroatoms. The van der Waals surface area contributed by atoms with Crippen LogP contribution in [0.15, 0.2) is 46.9 Å². The zero-order valence-electron chi connectivity index (χ0n) is 17.2. The molecule has 1 fully saturated rings. The first-order valence-electron chi connectivity index (χ1n) is 10.6. The molecule has 1 amide bonds. The molecule has 5 rings (SSSR count). The topological polar surface area (TPSA) is 51.0 Å². The van der Waals surface area contributed by atoms with Crippen molar-refractivity contribution in [1.29, 1.82) is 0 Å². The molecule has 1 atom stereocenters. The van der Waals surface area contributed by atoms with Crippen molar-refractivity contribution in [3.05, 3.63) is 63.6 Å². The zero-order chi connectivity index (χ0) is 20.5. The number of carbonyl (C=O) groups is 1. The zero-order valence-corrected chi connectivity index (χ0v) is 18.8. The summed E-state index contributed by atoms with van der Waals surface area (Å²) >= 11 is 3.28. The highest BCUT2D eigenvalue weighted by atomic mass is 32.2. The fourth-order valence-electron chi connectivity index (χ4n) is 4.33. The van der Waals surface area contributed by atoms with E-state index in [0.717, 1.165) is 36.7 Å². The Kier molecular flexibility index (Phi) is 5.65. The van der Waals surface area contributed by atoms with Crippen LogP contribution in [0.1, 0.15) is 59.6 Å². The molecule has 1 aromatic carbocycles. The number of nitrogens with zero attached hydrogens (tertiary/aromatic N) is 4. The van der Waals surface area contributed by atoms with Gasteiger partial charge in [0.1, 0.15) is 5.82 Å². The van der Waals surface area contributed by atoms with Crippen molar-refractivity contribution in [3.8, 4) is 0 Å². The SMILES string of the molecule is CN(C(=O)CSc1nnc(Cc2cccs2)n1C1CC1)[C@@H]1CCCc2ccccc21. The van der Waals surface area contributed by atoms with Crippen molar-refractivity contribution < 1.29 is 4.79 Å².